The highest BCUT2D eigenvalue weighted by molar-refractivity contribution is 9.10. The largest absolute Gasteiger partial charge is 0.466 e. The number of nitrogens with two attached hydrogens (primary N) is 1. The normalized spacial score (nSPS) is 13.2. The lowest BCUT2D eigenvalue weighted by atomic mass is 9.83. The van der Waals surface area contributed by atoms with Crippen LogP contribution in [0.4, 0.5) is 8.78 Å². The Morgan fingerprint density at radius 2 is 2.00 bits per heavy atom. The number of carbonyl (C=O) groups is 1. The van der Waals surface area contributed by atoms with Crippen molar-refractivity contribution in [2.24, 2.45) is 11.1 Å². The minimum absolute atomic E-state index is 0.0376. The molecule has 0 saturated carbocycles. The van der Waals surface area contributed by atoms with Gasteiger partial charge in [-0.3, -0.25) is 4.79 Å². The predicted molar refractivity (Wildman–Crippen MR) is 76.0 cm³/mol. The Bertz CT molecular complexity index is 506. The Morgan fingerprint density at radius 1 is 1.40 bits per heavy atom. The number of halogens is 3. The van der Waals surface area contributed by atoms with Crippen LogP contribution >= 0.6 is 15.9 Å². The van der Waals surface area contributed by atoms with Crippen molar-refractivity contribution in [3.63, 3.8) is 0 Å². The van der Waals surface area contributed by atoms with Gasteiger partial charge in [-0.25, -0.2) is 8.78 Å². The van der Waals surface area contributed by atoms with E-state index in [-0.39, 0.29) is 23.1 Å². The van der Waals surface area contributed by atoms with Gasteiger partial charge in [-0.05, 0) is 55.3 Å². The van der Waals surface area contributed by atoms with Crippen LogP contribution < -0.4 is 5.73 Å². The Hall–Kier alpha value is -1.01. The molecule has 1 atom stereocenters. The molecule has 0 fully saturated rings. The van der Waals surface area contributed by atoms with E-state index in [9.17, 15) is 13.6 Å². The quantitative estimate of drug-likeness (QED) is 0.651. The van der Waals surface area contributed by atoms with E-state index >= 15 is 0 Å². The first-order valence-electron chi connectivity index (χ1n) is 6.26. The number of esters is 1. The summed E-state index contributed by atoms with van der Waals surface area (Å²) in [4.78, 5) is 11.8. The van der Waals surface area contributed by atoms with Gasteiger partial charge in [0.2, 0.25) is 0 Å². The van der Waals surface area contributed by atoms with E-state index in [4.69, 9.17) is 10.5 Å². The average Bonchev–Trinajstić information content (AvgIpc) is 2.33. The predicted octanol–water partition coefficient (Wildman–Crippen LogP) is 3.71. The maximum absolute atomic E-state index is 13.8. The molecular weight excluding hydrogens is 332 g/mol. The third kappa shape index (κ3) is 3.99. The number of ether oxygens (including phenoxy) is 1. The number of hydrogen-bond acceptors (Lipinski definition) is 3. The molecule has 1 unspecified atom stereocenters. The van der Waals surface area contributed by atoms with Crippen LogP contribution in [0, 0.1) is 17.0 Å². The van der Waals surface area contributed by atoms with Gasteiger partial charge in [0.1, 0.15) is 11.6 Å². The molecule has 0 amide bonds. The van der Waals surface area contributed by atoms with Gasteiger partial charge in [-0.1, -0.05) is 0 Å². The molecule has 0 aliphatic heterocycles. The van der Waals surface area contributed by atoms with Gasteiger partial charge in [0.25, 0.3) is 0 Å². The summed E-state index contributed by atoms with van der Waals surface area (Å²) in [7, 11) is 0. The first-order valence-corrected chi connectivity index (χ1v) is 7.05. The summed E-state index contributed by atoms with van der Waals surface area (Å²) in [6.07, 6.45) is 0.157. The van der Waals surface area contributed by atoms with Crippen LogP contribution in [0.3, 0.4) is 0 Å². The highest BCUT2D eigenvalue weighted by atomic mass is 79.9. The lowest BCUT2D eigenvalue weighted by Crippen LogP contribution is -2.31. The molecule has 0 bridgehead atoms. The lowest BCUT2D eigenvalue weighted by molar-refractivity contribution is -0.154. The second kappa shape index (κ2) is 6.63. The van der Waals surface area contributed by atoms with Crippen LogP contribution in [0.2, 0.25) is 0 Å². The van der Waals surface area contributed by atoms with Gasteiger partial charge >= 0.3 is 5.97 Å². The minimum atomic E-state index is -0.870. The van der Waals surface area contributed by atoms with Gasteiger partial charge < -0.3 is 10.5 Å². The molecule has 1 aromatic rings. The third-order valence-electron chi connectivity index (χ3n) is 3.00. The van der Waals surface area contributed by atoms with Crippen molar-refractivity contribution >= 4 is 21.9 Å². The van der Waals surface area contributed by atoms with Gasteiger partial charge in [0, 0.05) is 11.6 Å². The van der Waals surface area contributed by atoms with Crippen molar-refractivity contribution in [1.82, 2.24) is 0 Å². The summed E-state index contributed by atoms with van der Waals surface area (Å²) in [5, 5.41) is 0. The van der Waals surface area contributed by atoms with Crippen molar-refractivity contribution in [2.45, 2.75) is 33.2 Å². The van der Waals surface area contributed by atoms with E-state index in [1.54, 1.807) is 20.8 Å². The summed E-state index contributed by atoms with van der Waals surface area (Å²) in [6.45, 7) is 5.30. The molecule has 6 heteroatoms. The molecule has 0 radical (unpaired) electrons. The number of carbonyl (C=O) groups excluding carboxylic acids is 1. The first kappa shape index (κ1) is 17.0. The Kier molecular flexibility index (Phi) is 5.65. The van der Waals surface area contributed by atoms with Gasteiger partial charge in [-0.2, -0.15) is 0 Å². The van der Waals surface area contributed by atoms with E-state index < -0.39 is 29.1 Å². The SMILES string of the molecule is CCOC(=O)C(C)(C)CC(N)c1cc(F)c(Br)cc1F. The number of hydrogen-bond donors (Lipinski definition) is 1. The number of rotatable bonds is 5. The van der Waals surface area contributed by atoms with Crippen LogP contribution in [0.25, 0.3) is 0 Å². The zero-order valence-corrected chi connectivity index (χ0v) is 13.3. The van der Waals surface area contributed by atoms with Gasteiger partial charge in [-0.15, -0.1) is 0 Å². The maximum Gasteiger partial charge on any atom is 0.311 e. The van der Waals surface area contributed by atoms with E-state index in [0.29, 0.717) is 0 Å². The summed E-state index contributed by atoms with van der Waals surface area (Å²) < 4.78 is 32.3. The average molecular weight is 350 g/mol. The monoisotopic (exact) mass is 349 g/mol. The number of benzene rings is 1. The van der Waals surface area contributed by atoms with Crippen LogP contribution in [0.5, 0.6) is 0 Å². The highest BCUT2D eigenvalue weighted by Crippen LogP contribution is 2.32. The maximum atomic E-state index is 13.8. The summed E-state index contributed by atoms with van der Waals surface area (Å²) in [5.41, 5.74) is 5.08. The van der Waals surface area contributed by atoms with Gasteiger partial charge in [0.05, 0.1) is 16.5 Å². The standard InChI is InChI=1S/C14H18BrF2NO2/c1-4-20-13(19)14(2,3)7-12(18)8-5-11(17)9(15)6-10(8)16/h5-6,12H,4,7,18H2,1-3H3. The minimum Gasteiger partial charge on any atom is -0.466 e. The molecule has 1 aromatic carbocycles. The van der Waals surface area contributed by atoms with Crippen LogP contribution in [0.1, 0.15) is 38.8 Å². The Morgan fingerprint density at radius 3 is 2.55 bits per heavy atom. The molecule has 112 valence electrons. The molecule has 3 nitrogen and oxygen atoms in total. The first-order chi connectivity index (χ1) is 9.19. The van der Waals surface area contributed by atoms with E-state index in [0.717, 1.165) is 12.1 Å². The van der Waals surface area contributed by atoms with Crippen molar-refractivity contribution in [1.29, 1.82) is 0 Å². The molecule has 2 N–H and O–H groups in total. The molecule has 0 aliphatic rings. The molecule has 0 saturated heterocycles. The van der Waals surface area contributed by atoms with E-state index in [1.807, 2.05) is 0 Å². The molecular formula is C14H18BrF2NO2. The molecule has 0 heterocycles. The topological polar surface area (TPSA) is 52.3 Å². The summed E-state index contributed by atoms with van der Waals surface area (Å²) in [5.74, 6) is -1.61. The summed E-state index contributed by atoms with van der Waals surface area (Å²) >= 11 is 2.90. The van der Waals surface area contributed by atoms with Crippen molar-refractivity contribution in [3.05, 3.63) is 33.8 Å². The Balaban J connectivity index is 2.94. The smallest absolute Gasteiger partial charge is 0.311 e. The second-order valence-corrected chi connectivity index (χ2v) is 6.06. The molecule has 0 aliphatic carbocycles. The zero-order valence-electron chi connectivity index (χ0n) is 11.7. The van der Waals surface area contributed by atoms with Crippen LogP contribution in [0.15, 0.2) is 16.6 Å². The van der Waals surface area contributed by atoms with Crippen molar-refractivity contribution < 1.29 is 18.3 Å². The van der Waals surface area contributed by atoms with Crippen molar-refractivity contribution in [2.75, 3.05) is 6.61 Å². The fourth-order valence-electron chi connectivity index (χ4n) is 1.89. The van der Waals surface area contributed by atoms with Crippen LogP contribution in [-0.4, -0.2) is 12.6 Å². The fourth-order valence-corrected chi connectivity index (χ4v) is 2.21. The molecule has 0 aromatic heterocycles. The molecule has 20 heavy (non-hydrogen) atoms. The van der Waals surface area contributed by atoms with E-state index in [2.05, 4.69) is 15.9 Å². The second-order valence-electron chi connectivity index (χ2n) is 5.20. The third-order valence-corrected chi connectivity index (χ3v) is 3.61. The fraction of sp³-hybridized carbons (Fsp3) is 0.500. The van der Waals surface area contributed by atoms with Gasteiger partial charge in [0.15, 0.2) is 0 Å². The Labute approximate surface area is 125 Å². The van der Waals surface area contributed by atoms with Crippen LogP contribution in [-0.2, 0) is 9.53 Å². The van der Waals surface area contributed by atoms with E-state index in [1.165, 1.54) is 0 Å². The zero-order chi connectivity index (χ0) is 15.5. The van der Waals surface area contributed by atoms with Crippen molar-refractivity contribution in [3.8, 4) is 0 Å². The summed E-state index contributed by atoms with van der Waals surface area (Å²) in [6, 6.07) is 1.28. The highest BCUT2D eigenvalue weighted by Gasteiger charge is 2.32. The lowest BCUT2D eigenvalue weighted by Gasteiger charge is -2.26. The molecule has 0 spiro atoms. The molecule has 1 rings (SSSR count).